The summed E-state index contributed by atoms with van der Waals surface area (Å²) in [6, 6.07) is 6.82. The highest BCUT2D eigenvalue weighted by Crippen LogP contribution is 2.34. The van der Waals surface area contributed by atoms with Crippen LogP contribution < -0.4 is 5.32 Å². The summed E-state index contributed by atoms with van der Waals surface area (Å²) >= 11 is 6.08. The van der Waals surface area contributed by atoms with Crippen LogP contribution >= 0.6 is 11.6 Å². The maximum absolute atomic E-state index is 6.08. The zero-order chi connectivity index (χ0) is 13.7. The van der Waals surface area contributed by atoms with Crippen molar-refractivity contribution in [2.75, 3.05) is 6.54 Å². The molecule has 0 spiro atoms. The topological polar surface area (TPSA) is 12.0 Å². The van der Waals surface area contributed by atoms with Gasteiger partial charge in [-0.2, -0.15) is 0 Å². The normalized spacial score (nSPS) is 17.8. The molecule has 1 aromatic carbocycles. The maximum Gasteiger partial charge on any atom is 0.0408 e. The summed E-state index contributed by atoms with van der Waals surface area (Å²) in [5.41, 5.74) is 2.75. The van der Waals surface area contributed by atoms with Crippen LogP contribution in [0.1, 0.15) is 62.6 Å². The lowest BCUT2D eigenvalue weighted by Crippen LogP contribution is -2.24. The highest BCUT2D eigenvalue weighted by atomic mass is 35.5. The summed E-state index contributed by atoms with van der Waals surface area (Å²) < 4.78 is 0. The molecular formula is C17H26ClN. The summed E-state index contributed by atoms with van der Waals surface area (Å²) in [6.07, 6.45) is 8.14. The molecule has 0 radical (unpaired) electrons. The van der Waals surface area contributed by atoms with Gasteiger partial charge in [-0.15, -0.1) is 0 Å². The van der Waals surface area contributed by atoms with Crippen molar-refractivity contribution in [1.82, 2.24) is 5.32 Å². The fourth-order valence-electron chi connectivity index (χ4n) is 3.25. The Hall–Kier alpha value is -0.530. The predicted octanol–water partition coefficient (Wildman–Crippen LogP) is 5.27. The Morgan fingerprint density at radius 1 is 1.32 bits per heavy atom. The molecule has 0 heterocycles. The lowest BCUT2D eigenvalue weighted by atomic mass is 9.91. The van der Waals surface area contributed by atoms with Gasteiger partial charge in [0.1, 0.15) is 0 Å². The van der Waals surface area contributed by atoms with E-state index >= 15 is 0 Å². The molecule has 1 saturated carbocycles. The summed E-state index contributed by atoms with van der Waals surface area (Å²) in [5, 5.41) is 4.57. The van der Waals surface area contributed by atoms with Crippen LogP contribution in [0.25, 0.3) is 0 Å². The SMILES string of the molecule is CCCNC(CC1CCCC1)c1ccc(Cl)cc1C. The first kappa shape index (κ1) is 14.9. The van der Waals surface area contributed by atoms with Crippen LogP contribution in [0.3, 0.4) is 0 Å². The number of halogens is 1. The first-order chi connectivity index (χ1) is 9.20. The number of nitrogens with one attached hydrogen (secondary N) is 1. The van der Waals surface area contributed by atoms with Gasteiger partial charge >= 0.3 is 0 Å². The van der Waals surface area contributed by atoms with Crippen LogP contribution in [0.2, 0.25) is 5.02 Å². The van der Waals surface area contributed by atoms with Crippen molar-refractivity contribution in [2.45, 2.75) is 58.4 Å². The molecule has 0 saturated heterocycles. The molecule has 2 rings (SSSR count). The van der Waals surface area contributed by atoms with Crippen molar-refractivity contribution in [2.24, 2.45) is 5.92 Å². The van der Waals surface area contributed by atoms with E-state index < -0.39 is 0 Å². The third-order valence-electron chi connectivity index (χ3n) is 4.29. The van der Waals surface area contributed by atoms with Crippen LogP contribution in [0.4, 0.5) is 0 Å². The molecule has 1 atom stereocenters. The second kappa shape index (κ2) is 7.31. The second-order valence-corrected chi connectivity index (χ2v) is 6.33. The Labute approximate surface area is 122 Å². The Morgan fingerprint density at radius 2 is 2.05 bits per heavy atom. The predicted molar refractivity (Wildman–Crippen MR) is 83.8 cm³/mol. The number of aryl methyl sites for hydroxylation is 1. The lowest BCUT2D eigenvalue weighted by Gasteiger charge is -2.24. The van der Waals surface area contributed by atoms with E-state index in [9.17, 15) is 0 Å². The van der Waals surface area contributed by atoms with Crippen molar-refractivity contribution < 1.29 is 0 Å². The fraction of sp³-hybridized carbons (Fsp3) is 0.647. The highest BCUT2D eigenvalue weighted by Gasteiger charge is 2.21. The second-order valence-electron chi connectivity index (χ2n) is 5.89. The molecule has 1 unspecified atom stereocenters. The summed E-state index contributed by atoms with van der Waals surface area (Å²) in [4.78, 5) is 0. The van der Waals surface area contributed by atoms with Gasteiger partial charge < -0.3 is 5.32 Å². The summed E-state index contributed by atoms with van der Waals surface area (Å²) in [5.74, 6) is 0.907. The third kappa shape index (κ3) is 4.22. The van der Waals surface area contributed by atoms with Gasteiger partial charge in [0, 0.05) is 11.1 Å². The van der Waals surface area contributed by atoms with E-state index in [4.69, 9.17) is 11.6 Å². The Balaban J connectivity index is 2.10. The van der Waals surface area contributed by atoms with E-state index in [0.29, 0.717) is 6.04 Å². The first-order valence-electron chi connectivity index (χ1n) is 7.70. The maximum atomic E-state index is 6.08. The standard InChI is InChI=1S/C17H26ClN/c1-3-10-19-17(12-14-6-4-5-7-14)16-9-8-15(18)11-13(16)2/h8-9,11,14,17,19H,3-7,10,12H2,1-2H3. The van der Waals surface area contributed by atoms with Crippen LogP contribution in [0, 0.1) is 12.8 Å². The van der Waals surface area contributed by atoms with Crippen LogP contribution in [0.15, 0.2) is 18.2 Å². The Morgan fingerprint density at radius 3 is 2.68 bits per heavy atom. The van der Waals surface area contributed by atoms with Gasteiger partial charge in [-0.1, -0.05) is 50.3 Å². The molecule has 1 N–H and O–H groups in total. The molecule has 0 amide bonds. The fourth-order valence-corrected chi connectivity index (χ4v) is 3.47. The minimum absolute atomic E-state index is 0.500. The molecule has 0 bridgehead atoms. The molecule has 106 valence electrons. The minimum atomic E-state index is 0.500. The van der Waals surface area contributed by atoms with Gasteiger partial charge in [-0.25, -0.2) is 0 Å². The number of hydrogen-bond acceptors (Lipinski definition) is 1. The average Bonchev–Trinajstić information content (AvgIpc) is 2.88. The average molecular weight is 280 g/mol. The number of hydrogen-bond donors (Lipinski definition) is 1. The number of rotatable bonds is 6. The van der Waals surface area contributed by atoms with Gasteiger partial charge in [0.25, 0.3) is 0 Å². The molecule has 19 heavy (non-hydrogen) atoms. The van der Waals surface area contributed by atoms with Gasteiger partial charge in [0.2, 0.25) is 0 Å². The molecule has 1 aromatic rings. The van der Waals surface area contributed by atoms with Crippen LogP contribution in [0.5, 0.6) is 0 Å². The minimum Gasteiger partial charge on any atom is -0.310 e. The lowest BCUT2D eigenvalue weighted by molar-refractivity contribution is 0.394. The van der Waals surface area contributed by atoms with Crippen molar-refractivity contribution in [3.8, 4) is 0 Å². The molecule has 0 aliphatic heterocycles. The first-order valence-corrected chi connectivity index (χ1v) is 8.08. The van der Waals surface area contributed by atoms with Crippen LogP contribution in [-0.4, -0.2) is 6.54 Å². The molecule has 0 aromatic heterocycles. The zero-order valence-electron chi connectivity index (χ0n) is 12.2. The van der Waals surface area contributed by atoms with E-state index in [1.807, 2.05) is 6.07 Å². The van der Waals surface area contributed by atoms with Gasteiger partial charge in [0.05, 0.1) is 0 Å². The molecule has 1 nitrogen and oxygen atoms in total. The highest BCUT2D eigenvalue weighted by molar-refractivity contribution is 6.30. The third-order valence-corrected chi connectivity index (χ3v) is 4.53. The van der Waals surface area contributed by atoms with E-state index in [2.05, 4.69) is 31.3 Å². The summed E-state index contributed by atoms with van der Waals surface area (Å²) in [6.45, 7) is 5.50. The van der Waals surface area contributed by atoms with Gasteiger partial charge in [0.15, 0.2) is 0 Å². The van der Waals surface area contributed by atoms with Crippen molar-refractivity contribution in [1.29, 1.82) is 0 Å². The van der Waals surface area contributed by atoms with E-state index in [1.54, 1.807) is 0 Å². The van der Waals surface area contributed by atoms with Gasteiger partial charge in [-0.3, -0.25) is 0 Å². The molecule has 1 aliphatic carbocycles. The Kier molecular flexibility index (Phi) is 5.72. The van der Waals surface area contributed by atoms with E-state index in [-0.39, 0.29) is 0 Å². The number of benzene rings is 1. The van der Waals surface area contributed by atoms with E-state index in [1.165, 1.54) is 49.7 Å². The monoisotopic (exact) mass is 279 g/mol. The largest absolute Gasteiger partial charge is 0.310 e. The van der Waals surface area contributed by atoms with Crippen molar-refractivity contribution in [3.63, 3.8) is 0 Å². The van der Waals surface area contributed by atoms with Crippen molar-refractivity contribution in [3.05, 3.63) is 34.3 Å². The zero-order valence-corrected chi connectivity index (χ0v) is 13.0. The van der Waals surface area contributed by atoms with Crippen molar-refractivity contribution >= 4 is 11.6 Å². The molecule has 2 heteroatoms. The molecule has 1 fully saturated rings. The smallest absolute Gasteiger partial charge is 0.0408 e. The molecule has 1 aliphatic rings. The van der Waals surface area contributed by atoms with Gasteiger partial charge in [-0.05, 0) is 55.5 Å². The Bertz CT molecular complexity index is 396. The quantitative estimate of drug-likeness (QED) is 0.748. The van der Waals surface area contributed by atoms with E-state index in [0.717, 1.165) is 17.5 Å². The summed E-state index contributed by atoms with van der Waals surface area (Å²) in [7, 11) is 0. The molecular weight excluding hydrogens is 254 g/mol. The van der Waals surface area contributed by atoms with Crippen LogP contribution in [-0.2, 0) is 0 Å².